The van der Waals surface area contributed by atoms with Gasteiger partial charge in [-0.2, -0.15) is 0 Å². The molecule has 7 heteroatoms. The Morgan fingerprint density at radius 1 is 1.06 bits per heavy atom. The van der Waals surface area contributed by atoms with Crippen LogP contribution in [0, 0.1) is 5.92 Å². The van der Waals surface area contributed by atoms with Gasteiger partial charge in [0.1, 0.15) is 0 Å². The van der Waals surface area contributed by atoms with Crippen molar-refractivity contribution in [2.75, 3.05) is 26.7 Å². The van der Waals surface area contributed by atoms with Gasteiger partial charge in [-0.1, -0.05) is 41.9 Å². The van der Waals surface area contributed by atoms with E-state index in [2.05, 4.69) is 0 Å². The fourth-order valence-corrected chi connectivity index (χ4v) is 4.84. The predicted octanol–water partition coefficient (Wildman–Crippen LogP) is 3.88. The first-order valence-electron chi connectivity index (χ1n) is 10.9. The highest BCUT2D eigenvalue weighted by molar-refractivity contribution is 6.30. The Labute approximate surface area is 193 Å². The zero-order chi connectivity index (χ0) is 22.7. The van der Waals surface area contributed by atoms with Crippen LogP contribution in [0.25, 0.3) is 0 Å². The highest BCUT2D eigenvalue weighted by atomic mass is 35.5. The van der Waals surface area contributed by atoms with Gasteiger partial charge < -0.3 is 14.5 Å². The van der Waals surface area contributed by atoms with Crippen LogP contribution in [0.5, 0.6) is 0 Å². The summed E-state index contributed by atoms with van der Waals surface area (Å²) in [5.74, 6) is -0.351. The van der Waals surface area contributed by atoms with E-state index >= 15 is 0 Å². The van der Waals surface area contributed by atoms with E-state index in [0.717, 1.165) is 24.0 Å². The number of hydrogen-bond donors (Lipinski definition) is 0. The van der Waals surface area contributed by atoms with Crippen LogP contribution in [0.4, 0.5) is 0 Å². The van der Waals surface area contributed by atoms with Crippen molar-refractivity contribution in [2.45, 2.75) is 31.7 Å². The lowest BCUT2D eigenvalue weighted by Gasteiger charge is -2.34. The van der Waals surface area contributed by atoms with Crippen molar-refractivity contribution in [2.24, 2.45) is 5.92 Å². The Kier molecular flexibility index (Phi) is 6.80. The van der Waals surface area contributed by atoms with Crippen LogP contribution in [0.2, 0.25) is 5.02 Å². The molecular formula is C25H27ClN2O4. The molecule has 0 saturated carbocycles. The molecule has 6 nitrogen and oxygen atoms in total. The van der Waals surface area contributed by atoms with Crippen molar-refractivity contribution in [1.82, 2.24) is 9.80 Å². The second-order valence-electron chi connectivity index (χ2n) is 8.48. The summed E-state index contributed by atoms with van der Waals surface area (Å²) in [6, 6.07) is 14.9. The number of benzene rings is 2. The third-order valence-electron chi connectivity index (χ3n) is 6.46. The molecule has 0 aliphatic carbocycles. The molecule has 2 amide bonds. The minimum absolute atomic E-state index is 0.0141. The van der Waals surface area contributed by atoms with Gasteiger partial charge in [0.15, 0.2) is 0 Å². The summed E-state index contributed by atoms with van der Waals surface area (Å²) in [7, 11) is 1.39. The zero-order valence-electron chi connectivity index (χ0n) is 18.1. The summed E-state index contributed by atoms with van der Waals surface area (Å²) < 4.78 is 4.92. The van der Waals surface area contributed by atoms with Crippen LogP contribution in [0.3, 0.4) is 0 Å². The van der Waals surface area contributed by atoms with E-state index in [1.807, 2.05) is 47.4 Å². The molecule has 4 rings (SSSR count). The molecule has 2 fully saturated rings. The summed E-state index contributed by atoms with van der Waals surface area (Å²) in [5, 5.41) is 0.659. The number of halogens is 1. The third kappa shape index (κ3) is 4.80. The number of esters is 1. The monoisotopic (exact) mass is 454 g/mol. The number of carbonyl (C=O) groups is 3. The van der Waals surface area contributed by atoms with Gasteiger partial charge in [-0.05, 0) is 48.1 Å². The van der Waals surface area contributed by atoms with Crippen molar-refractivity contribution < 1.29 is 19.1 Å². The lowest BCUT2D eigenvalue weighted by Crippen LogP contribution is -2.42. The highest BCUT2D eigenvalue weighted by Crippen LogP contribution is 2.32. The molecule has 0 bridgehead atoms. The Bertz CT molecular complexity index is 999. The lowest BCUT2D eigenvalue weighted by atomic mass is 9.86. The van der Waals surface area contributed by atoms with E-state index in [1.165, 1.54) is 7.11 Å². The summed E-state index contributed by atoms with van der Waals surface area (Å²) in [6.45, 7) is 2.19. The van der Waals surface area contributed by atoms with E-state index in [-0.39, 0.29) is 36.0 Å². The smallest absolute Gasteiger partial charge is 0.338 e. The Hall–Kier alpha value is -2.86. The lowest BCUT2D eigenvalue weighted by molar-refractivity contribution is -0.136. The maximum Gasteiger partial charge on any atom is 0.338 e. The van der Waals surface area contributed by atoms with E-state index < -0.39 is 0 Å². The molecule has 0 radical (unpaired) electrons. The van der Waals surface area contributed by atoms with Gasteiger partial charge >= 0.3 is 5.97 Å². The molecule has 1 atom stereocenters. The van der Waals surface area contributed by atoms with E-state index in [4.69, 9.17) is 16.3 Å². The van der Waals surface area contributed by atoms with Gasteiger partial charge in [-0.15, -0.1) is 0 Å². The molecule has 2 saturated heterocycles. The molecule has 2 aliphatic heterocycles. The highest BCUT2D eigenvalue weighted by Gasteiger charge is 2.37. The second kappa shape index (κ2) is 9.74. The standard InChI is InChI=1S/C25H27ClN2O4/c1-32-25(31)22-5-3-2-4-21(22)18-10-12-27(13-11-18)24(30)19-14-23(29)28(16-19)15-17-6-8-20(26)9-7-17/h2-9,18-19H,10-16H2,1H3. The van der Waals surface area contributed by atoms with E-state index in [1.54, 1.807) is 11.0 Å². The number of carbonyl (C=O) groups excluding carboxylic acids is 3. The molecule has 0 N–H and O–H groups in total. The molecule has 0 spiro atoms. The maximum absolute atomic E-state index is 13.1. The summed E-state index contributed by atoms with van der Waals surface area (Å²) in [5.41, 5.74) is 2.58. The number of hydrogen-bond acceptors (Lipinski definition) is 4. The number of piperidine rings is 1. The largest absolute Gasteiger partial charge is 0.465 e. The average molecular weight is 455 g/mol. The van der Waals surface area contributed by atoms with Crippen LogP contribution in [0.15, 0.2) is 48.5 Å². The van der Waals surface area contributed by atoms with Gasteiger partial charge in [0.2, 0.25) is 11.8 Å². The molecule has 0 aromatic heterocycles. The van der Waals surface area contributed by atoms with Gasteiger partial charge in [0.25, 0.3) is 0 Å². The minimum Gasteiger partial charge on any atom is -0.465 e. The number of methoxy groups -OCH3 is 1. The van der Waals surface area contributed by atoms with Crippen molar-refractivity contribution in [3.8, 4) is 0 Å². The molecule has 2 aliphatic rings. The second-order valence-corrected chi connectivity index (χ2v) is 8.92. The van der Waals surface area contributed by atoms with Gasteiger partial charge in [-0.25, -0.2) is 4.79 Å². The van der Waals surface area contributed by atoms with Crippen molar-refractivity contribution in [3.63, 3.8) is 0 Å². The number of ether oxygens (including phenoxy) is 1. The van der Waals surface area contributed by atoms with Crippen molar-refractivity contribution in [1.29, 1.82) is 0 Å². The van der Waals surface area contributed by atoms with Crippen LogP contribution in [-0.2, 0) is 20.9 Å². The first-order valence-corrected chi connectivity index (χ1v) is 11.3. The van der Waals surface area contributed by atoms with Gasteiger partial charge in [0, 0.05) is 37.6 Å². The Morgan fingerprint density at radius 3 is 2.44 bits per heavy atom. The topological polar surface area (TPSA) is 66.9 Å². The fourth-order valence-electron chi connectivity index (χ4n) is 4.72. The molecule has 2 aromatic rings. The van der Waals surface area contributed by atoms with Crippen molar-refractivity contribution >= 4 is 29.4 Å². The predicted molar refractivity (Wildman–Crippen MR) is 121 cm³/mol. The molecule has 1 unspecified atom stereocenters. The number of rotatable bonds is 5. The molecule has 168 valence electrons. The van der Waals surface area contributed by atoms with Crippen LogP contribution < -0.4 is 0 Å². The Morgan fingerprint density at radius 2 is 1.75 bits per heavy atom. The molecular weight excluding hydrogens is 428 g/mol. The quantitative estimate of drug-likeness (QED) is 0.643. The van der Waals surface area contributed by atoms with Gasteiger partial charge in [0.05, 0.1) is 18.6 Å². The number of amides is 2. The summed E-state index contributed by atoms with van der Waals surface area (Å²) in [4.78, 5) is 41.3. The normalized spacial score (nSPS) is 19.3. The van der Waals surface area contributed by atoms with Gasteiger partial charge in [-0.3, -0.25) is 9.59 Å². The summed E-state index contributed by atoms with van der Waals surface area (Å²) in [6.07, 6.45) is 1.83. The number of nitrogens with zero attached hydrogens (tertiary/aromatic N) is 2. The van der Waals surface area contributed by atoms with Crippen LogP contribution in [0.1, 0.15) is 46.7 Å². The zero-order valence-corrected chi connectivity index (χ0v) is 18.9. The molecule has 2 aromatic carbocycles. The van der Waals surface area contributed by atoms with E-state index in [0.29, 0.717) is 36.8 Å². The first-order chi connectivity index (χ1) is 15.5. The average Bonchev–Trinajstić information content (AvgIpc) is 3.19. The van der Waals surface area contributed by atoms with E-state index in [9.17, 15) is 14.4 Å². The molecule has 32 heavy (non-hydrogen) atoms. The van der Waals surface area contributed by atoms with Crippen molar-refractivity contribution in [3.05, 3.63) is 70.2 Å². The maximum atomic E-state index is 13.1. The van der Waals surface area contributed by atoms with Crippen LogP contribution in [-0.4, -0.2) is 54.3 Å². The first kappa shape index (κ1) is 22.3. The fraction of sp³-hybridized carbons (Fsp3) is 0.400. The third-order valence-corrected chi connectivity index (χ3v) is 6.71. The summed E-state index contributed by atoms with van der Waals surface area (Å²) >= 11 is 5.93. The number of likely N-dealkylation sites (tertiary alicyclic amines) is 2. The molecule has 2 heterocycles. The Balaban J connectivity index is 1.34. The minimum atomic E-state index is -0.329. The SMILES string of the molecule is COC(=O)c1ccccc1C1CCN(C(=O)C2CC(=O)N(Cc3ccc(Cl)cc3)C2)CC1. The van der Waals surface area contributed by atoms with Crippen LogP contribution >= 0.6 is 11.6 Å².